The summed E-state index contributed by atoms with van der Waals surface area (Å²) in [6, 6.07) is 14.8. The van der Waals surface area contributed by atoms with E-state index in [1.807, 2.05) is 74.2 Å². The van der Waals surface area contributed by atoms with Crippen LogP contribution in [0.1, 0.15) is 31.4 Å². The van der Waals surface area contributed by atoms with Gasteiger partial charge in [0.15, 0.2) is 0 Å². The van der Waals surface area contributed by atoms with E-state index in [1.165, 1.54) is 0 Å². The Labute approximate surface area is 173 Å². The molecule has 1 unspecified atom stereocenters. The van der Waals surface area contributed by atoms with Crippen LogP contribution in [-0.4, -0.2) is 43.0 Å². The molecule has 0 radical (unpaired) electrons. The fraction of sp³-hybridized carbons (Fsp3) is 0.391. The van der Waals surface area contributed by atoms with E-state index in [0.717, 1.165) is 29.0 Å². The van der Waals surface area contributed by atoms with Gasteiger partial charge in [0.2, 0.25) is 11.8 Å². The third-order valence-corrected chi connectivity index (χ3v) is 4.85. The smallest absolute Gasteiger partial charge is 0.238 e. The molecule has 0 aromatic heterocycles. The maximum atomic E-state index is 12.7. The molecule has 2 aromatic rings. The van der Waals surface area contributed by atoms with Crippen molar-refractivity contribution in [2.75, 3.05) is 25.5 Å². The number of hydrogen-bond donors (Lipinski definition) is 2. The predicted octanol–water partition coefficient (Wildman–Crippen LogP) is 3.36. The van der Waals surface area contributed by atoms with Gasteiger partial charge < -0.3 is 15.4 Å². The Balaban J connectivity index is 1.96. The van der Waals surface area contributed by atoms with Crippen LogP contribution in [-0.2, 0) is 16.1 Å². The number of benzene rings is 2. The molecule has 0 saturated carbocycles. The van der Waals surface area contributed by atoms with Gasteiger partial charge in [0.25, 0.3) is 0 Å². The van der Waals surface area contributed by atoms with E-state index in [-0.39, 0.29) is 18.4 Å². The molecule has 2 aromatic carbocycles. The number of nitrogens with zero attached hydrogens (tertiary/aromatic N) is 1. The number of nitrogens with one attached hydrogen (secondary N) is 2. The van der Waals surface area contributed by atoms with Crippen LogP contribution in [0, 0.1) is 6.92 Å². The van der Waals surface area contributed by atoms with Crippen LogP contribution in [0.25, 0.3) is 0 Å². The average molecular weight is 398 g/mol. The van der Waals surface area contributed by atoms with Gasteiger partial charge >= 0.3 is 0 Å². The van der Waals surface area contributed by atoms with Crippen molar-refractivity contribution in [1.29, 1.82) is 0 Å². The Bertz CT molecular complexity index is 823. The lowest BCUT2D eigenvalue weighted by atomic mass is 10.2. The van der Waals surface area contributed by atoms with Gasteiger partial charge in [0.1, 0.15) is 5.75 Å². The standard InChI is InChI=1S/C23H31N3O3/c1-5-14-26(16-22(27)25-20-12-8-6-10-17(20)2)18(3)23(28)24-15-19-11-7-9-13-21(19)29-4/h6-13,18H,5,14-16H2,1-4H3,(H,24,28)(H,25,27). The molecule has 2 N–H and O–H groups in total. The predicted molar refractivity (Wildman–Crippen MR) is 116 cm³/mol. The molecule has 0 aliphatic heterocycles. The van der Waals surface area contributed by atoms with Crippen molar-refractivity contribution in [1.82, 2.24) is 10.2 Å². The first-order chi connectivity index (χ1) is 14.0. The molecule has 2 rings (SSSR count). The first-order valence-corrected chi connectivity index (χ1v) is 9.95. The van der Waals surface area contributed by atoms with Gasteiger partial charge in [0.05, 0.1) is 19.7 Å². The van der Waals surface area contributed by atoms with Crippen LogP contribution in [0.15, 0.2) is 48.5 Å². The van der Waals surface area contributed by atoms with E-state index in [0.29, 0.717) is 13.1 Å². The van der Waals surface area contributed by atoms with E-state index in [2.05, 4.69) is 10.6 Å². The summed E-state index contributed by atoms with van der Waals surface area (Å²) in [7, 11) is 1.61. The number of methoxy groups -OCH3 is 1. The molecule has 6 heteroatoms. The second-order valence-electron chi connectivity index (χ2n) is 7.04. The molecule has 2 amide bonds. The zero-order valence-electron chi connectivity index (χ0n) is 17.7. The lowest BCUT2D eigenvalue weighted by molar-refractivity contribution is -0.127. The highest BCUT2D eigenvalue weighted by molar-refractivity contribution is 5.93. The van der Waals surface area contributed by atoms with Crippen molar-refractivity contribution in [3.05, 3.63) is 59.7 Å². The Kier molecular flexibility index (Phi) is 8.68. The Morgan fingerprint density at radius 1 is 1.10 bits per heavy atom. The minimum Gasteiger partial charge on any atom is -0.496 e. The summed E-state index contributed by atoms with van der Waals surface area (Å²) in [5.74, 6) is 0.494. The number of ether oxygens (including phenoxy) is 1. The number of carbonyl (C=O) groups excluding carboxylic acids is 2. The van der Waals surface area contributed by atoms with E-state index in [9.17, 15) is 9.59 Å². The molecule has 0 saturated heterocycles. The minimum absolute atomic E-state index is 0.118. The van der Waals surface area contributed by atoms with Crippen molar-refractivity contribution >= 4 is 17.5 Å². The summed E-state index contributed by atoms with van der Waals surface area (Å²) < 4.78 is 5.33. The molecule has 6 nitrogen and oxygen atoms in total. The average Bonchev–Trinajstić information content (AvgIpc) is 2.73. The van der Waals surface area contributed by atoms with Gasteiger partial charge in [-0.05, 0) is 44.5 Å². The summed E-state index contributed by atoms with van der Waals surface area (Å²) in [6.45, 7) is 7.01. The number of amides is 2. The summed E-state index contributed by atoms with van der Waals surface area (Å²) in [5, 5.41) is 5.89. The van der Waals surface area contributed by atoms with Gasteiger partial charge in [-0.25, -0.2) is 0 Å². The third kappa shape index (κ3) is 6.61. The minimum atomic E-state index is -0.424. The number of rotatable bonds is 10. The highest BCUT2D eigenvalue weighted by Gasteiger charge is 2.23. The van der Waals surface area contributed by atoms with Crippen LogP contribution >= 0.6 is 0 Å². The number of para-hydroxylation sites is 2. The highest BCUT2D eigenvalue weighted by atomic mass is 16.5. The fourth-order valence-electron chi connectivity index (χ4n) is 3.13. The van der Waals surface area contributed by atoms with E-state index in [1.54, 1.807) is 7.11 Å². The van der Waals surface area contributed by atoms with Gasteiger partial charge in [-0.3, -0.25) is 14.5 Å². The maximum absolute atomic E-state index is 12.7. The third-order valence-electron chi connectivity index (χ3n) is 4.85. The van der Waals surface area contributed by atoms with Crippen molar-refractivity contribution < 1.29 is 14.3 Å². The van der Waals surface area contributed by atoms with Crippen LogP contribution < -0.4 is 15.4 Å². The fourth-order valence-corrected chi connectivity index (χ4v) is 3.13. The summed E-state index contributed by atoms with van der Waals surface area (Å²) >= 11 is 0. The van der Waals surface area contributed by atoms with Crippen LogP contribution in [0.4, 0.5) is 5.69 Å². The van der Waals surface area contributed by atoms with Gasteiger partial charge in [0, 0.05) is 17.8 Å². The first-order valence-electron chi connectivity index (χ1n) is 9.95. The summed E-state index contributed by atoms with van der Waals surface area (Å²) in [4.78, 5) is 27.1. The Morgan fingerprint density at radius 3 is 2.48 bits per heavy atom. The first kappa shape index (κ1) is 22.4. The molecule has 0 aliphatic carbocycles. The highest BCUT2D eigenvalue weighted by Crippen LogP contribution is 2.17. The van der Waals surface area contributed by atoms with Crippen molar-refractivity contribution in [2.45, 2.75) is 39.8 Å². The second kappa shape index (κ2) is 11.2. The molecule has 0 bridgehead atoms. The monoisotopic (exact) mass is 397 g/mol. The van der Waals surface area contributed by atoms with Crippen LogP contribution in [0.3, 0.4) is 0 Å². The molecule has 156 valence electrons. The van der Waals surface area contributed by atoms with Crippen molar-refractivity contribution in [2.24, 2.45) is 0 Å². The largest absolute Gasteiger partial charge is 0.496 e. The quantitative estimate of drug-likeness (QED) is 0.645. The normalized spacial score (nSPS) is 11.8. The zero-order valence-corrected chi connectivity index (χ0v) is 17.7. The SMILES string of the molecule is CCCN(CC(=O)Nc1ccccc1C)C(C)C(=O)NCc1ccccc1OC. The molecular formula is C23H31N3O3. The molecule has 0 fully saturated rings. The number of hydrogen-bond acceptors (Lipinski definition) is 4. The molecule has 0 spiro atoms. The zero-order chi connectivity index (χ0) is 21.2. The van der Waals surface area contributed by atoms with E-state index >= 15 is 0 Å². The lowest BCUT2D eigenvalue weighted by Gasteiger charge is -2.27. The molecule has 1 atom stereocenters. The van der Waals surface area contributed by atoms with Crippen LogP contribution in [0.5, 0.6) is 5.75 Å². The summed E-state index contributed by atoms with van der Waals surface area (Å²) in [6.07, 6.45) is 0.849. The van der Waals surface area contributed by atoms with E-state index in [4.69, 9.17) is 4.74 Å². The second-order valence-corrected chi connectivity index (χ2v) is 7.04. The number of aryl methyl sites for hydroxylation is 1. The van der Waals surface area contributed by atoms with Crippen LogP contribution in [0.2, 0.25) is 0 Å². The van der Waals surface area contributed by atoms with Gasteiger partial charge in [-0.2, -0.15) is 0 Å². The van der Waals surface area contributed by atoms with Crippen molar-refractivity contribution in [3.63, 3.8) is 0 Å². The van der Waals surface area contributed by atoms with Crippen molar-refractivity contribution in [3.8, 4) is 5.75 Å². The number of anilines is 1. The molecular weight excluding hydrogens is 366 g/mol. The van der Waals surface area contributed by atoms with Gasteiger partial charge in [-0.1, -0.05) is 43.3 Å². The Morgan fingerprint density at radius 2 is 1.79 bits per heavy atom. The van der Waals surface area contributed by atoms with Gasteiger partial charge in [-0.15, -0.1) is 0 Å². The topological polar surface area (TPSA) is 70.7 Å². The molecule has 0 heterocycles. The molecule has 0 aliphatic rings. The Hall–Kier alpha value is -2.86. The summed E-state index contributed by atoms with van der Waals surface area (Å²) in [5.41, 5.74) is 2.71. The van der Waals surface area contributed by atoms with E-state index < -0.39 is 6.04 Å². The molecule has 29 heavy (non-hydrogen) atoms. The lowest BCUT2D eigenvalue weighted by Crippen LogP contribution is -2.48. The maximum Gasteiger partial charge on any atom is 0.238 e. The number of carbonyl (C=O) groups is 2.